The molecule has 0 saturated heterocycles. The lowest BCUT2D eigenvalue weighted by Gasteiger charge is -2.21. The zero-order valence-electron chi connectivity index (χ0n) is 11.0. The van der Waals surface area contributed by atoms with Crippen molar-refractivity contribution < 1.29 is 0 Å². The standard InChI is InChI=1S/C13H25N3/c1-5-8-16-9-7-15-13(16)10-12(11(3)4)14-6-2/h7,9,11-12,14H,5-6,8,10H2,1-4H3. The Kier molecular flexibility index (Phi) is 5.53. The van der Waals surface area contributed by atoms with Crippen LogP contribution in [0.25, 0.3) is 0 Å². The molecule has 0 aliphatic rings. The second-order valence-corrected chi connectivity index (χ2v) is 4.65. The van der Waals surface area contributed by atoms with Crippen molar-refractivity contribution in [2.45, 2.75) is 53.1 Å². The van der Waals surface area contributed by atoms with Crippen LogP contribution in [0.15, 0.2) is 12.4 Å². The third-order valence-electron chi connectivity index (χ3n) is 2.94. The van der Waals surface area contributed by atoms with E-state index >= 15 is 0 Å². The maximum absolute atomic E-state index is 4.46. The molecule has 1 N–H and O–H groups in total. The fourth-order valence-electron chi connectivity index (χ4n) is 1.98. The normalized spacial score (nSPS) is 13.3. The predicted molar refractivity (Wildman–Crippen MR) is 68.5 cm³/mol. The lowest BCUT2D eigenvalue weighted by Crippen LogP contribution is -2.36. The fraction of sp³-hybridized carbons (Fsp3) is 0.769. The molecule has 3 nitrogen and oxygen atoms in total. The second-order valence-electron chi connectivity index (χ2n) is 4.65. The minimum Gasteiger partial charge on any atom is -0.335 e. The Hall–Kier alpha value is -0.830. The minimum absolute atomic E-state index is 0.531. The smallest absolute Gasteiger partial charge is 0.110 e. The Morgan fingerprint density at radius 1 is 1.38 bits per heavy atom. The van der Waals surface area contributed by atoms with Crippen LogP contribution >= 0.6 is 0 Å². The molecule has 0 bridgehead atoms. The molecule has 0 saturated carbocycles. The van der Waals surface area contributed by atoms with E-state index < -0.39 is 0 Å². The first kappa shape index (κ1) is 13.2. The molecule has 0 aliphatic carbocycles. The monoisotopic (exact) mass is 223 g/mol. The van der Waals surface area contributed by atoms with Crippen molar-refractivity contribution >= 4 is 0 Å². The van der Waals surface area contributed by atoms with E-state index in [1.807, 2.05) is 6.20 Å². The van der Waals surface area contributed by atoms with E-state index in [-0.39, 0.29) is 0 Å². The highest BCUT2D eigenvalue weighted by Gasteiger charge is 2.15. The van der Waals surface area contributed by atoms with Crippen molar-refractivity contribution in [2.24, 2.45) is 5.92 Å². The third-order valence-corrected chi connectivity index (χ3v) is 2.94. The molecule has 0 radical (unpaired) electrons. The molecule has 1 unspecified atom stereocenters. The Morgan fingerprint density at radius 3 is 2.69 bits per heavy atom. The molecule has 1 rings (SSSR count). The van der Waals surface area contributed by atoms with Crippen molar-refractivity contribution in [3.05, 3.63) is 18.2 Å². The highest BCUT2D eigenvalue weighted by atomic mass is 15.1. The summed E-state index contributed by atoms with van der Waals surface area (Å²) in [6.07, 6.45) is 6.19. The number of nitrogens with zero attached hydrogens (tertiary/aromatic N) is 2. The molecule has 1 atom stereocenters. The fourth-order valence-corrected chi connectivity index (χ4v) is 1.98. The van der Waals surface area contributed by atoms with Gasteiger partial charge in [0.15, 0.2) is 0 Å². The van der Waals surface area contributed by atoms with Crippen LogP contribution in [0.5, 0.6) is 0 Å². The van der Waals surface area contributed by atoms with Crippen LogP contribution in [0.4, 0.5) is 0 Å². The Bertz CT molecular complexity index is 291. The van der Waals surface area contributed by atoms with Gasteiger partial charge in [0.1, 0.15) is 5.82 Å². The summed E-state index contributed by atoms with van der Waals surface area (Å²) in [5, 5.41) is 3.54. The number of imidazole rings is 1. The highest BCUT2D eigenvalue weighted by Crippen LogP contribution is 2.09. The molecule has 92 valence electrons. The SMILES string of the molecule is CCCn1ccnc1CC(NCC)C(C)C. The van der Waals surface area contributed by atoms with Crippen LogP contribution in [0.3, 0.4) is 0 Å². The lowest BCUT2D eigenvalue weighted by molar-refractivity contribution is 0.393. The summed E-state index contributed by atoms with van der Waals surface area (Å²) in [5.41, 5.74) is 0. The molecular formula is C13H25N3. The molecule has 16 heavy (non-hydrogen) atoms. The molecule has 0 aromatic carbocycles. The summed E-state index contributed by atoms with van der Waals surface area (Å²) in [4.78, 5) is 4.46. The molecule has 1 aromatic heterocycles. The van der Waals surface area contributed by atoms with Crippen molar-refractivity contribution in [1.29, 1.82) is 0 Å². The summed E-state index contributed by atoms with van der Waals surface area (Å²) in [6.45, 7) is 11.0. The van der Waals surface area contributed by atoms with Gasteiger partial charge in [-0.1, -0.05) is 27.7 Å². The zero-order chi connectivity index (χ0) is 12.0. The zero-order valence-corrected chi connectivity index (χ0v) is 11.0. The van der Waals surface area contributed by atoms with Gasteiger partial charge in [0.25, 0.3) is 0 Å². The molecular weight excluding hydrogens is 198 g/mol. The number of nitrogens with one attached hydrogen (secondary N) is 1. The molecule has 0 aliphatic heterocycles. The Labute approximate surface area is 99.3 Å². The average Bonchev–Trinajstić information content (AvgIpc) is 2.65. The van der Waals surface area contributed by atoms with Crippen molar-refractivity contribution in [1.82, 2.24) is 14.9 Å². The van der Waals surface area contributed by atoms with Gasteiger partial charge in [-0.3, -0.25) is 0 Å². The van der Waals surface area contributed by atoms with E-state index in [4.69, 9.17) is 0 Å². The van der Waals surface area contributed by atoms with Gasteiger partial charge in [0, 0.05) is 31.4 Å². The first-order valence-corrected chi connectivity index (χ1v) is 6.42. The summed E-state index contributed by atoms with van der Waals surface area (Å²) in [5.74, 6) is 1.85. The lowest BCUT2D eigenvalue weighted by atomic mass is 10.0. The van der Waals surface area contributed by atoms with Gasteiger partial charge in [-0.05, 0) is 18.9 Å². The first-order chi connectivity index (χ1) is 7.69. The van der Waals surface area contributed by atoms with E-state index in [1.54, 1.807) is 0 Å². The quantitative estimate of drug-likeness (QED) is 0.769. The van der Waals surface area contributed by atoms with Crippen LogP contribution < -0.4 is 5.32 Å². The van der Waals surface area contributed by atoms with E-state index in [1.165, 1.54) is 5.82 Å². The van der Waals surface area contributed by atoms with Crippen molar-refractivity contribution in [2.75, 3.05) is 6.54 Å². The molecule has 0 spiro atoms. The van der Waals surface area contributed by atoms with Gasteiger partial charge < -0.3 is 9.88 Å². The molecule has 1 aromatic rings. The number of aromatic nitrogens is 2. The minimum atomic E-state index is 0.531. The Balaban J connectivity index is 2.65. The van der Waals surface area contributed by atoms with Crippen molar-refractivity contribution in [3.63, 3.8) is 0 Å². The van der Waals surface area contributed by atoms with Crippen LogP contribution in [0.2, 0.25) is 0 Å². The largest absolute Gasteiger partial charge is 0.335 e. The van der Waals surface area contributed by atoms with Crippen LogP contribution in [0, 0.1) is 5.92 Å². The van der Waals surface area contributed by atoms with Gasteiger partial charge in [-0.25, -0.2) is 4.98 Å². The molecule has 1 heterocycles. The Morgan fingerprint density at radius 2 is 2.12 bits per heavy atom. The van der Waals surface area contributed by atoms with Gasteiger partial charge in [-0.2, -0.15) is 0 Å². The molecule has 0 fully saturated rings. The molecule has 0 amide bonds. The van der Waals surface area contributed by atoms with E-state index in [0.29, 0.717) is 12.0 Å². The topological polar surface area (TPSA) is 29.9 Å². The van der Waals surface area contributed by atoms with Gasteiger partial charge in [-0.15, -0.1) is 0 Å². The van der Waals surface area contributed by atoms with E-state index in [2.05, 4.69) is 48.8 Å². The number of hydrogen-bond acceptors (Lipinski definition) is 2. The predicted octanol–water partition coefficient (Wildman–Crippen LogP) is 2.47. The first-order valence-electron chi connectivity index (χ1n) is 6.42. The van der Waals surface area contributed by atoms with Crippen LogP contribution in [0.1, 0.15) is 39.9 Å². The van der Waals surface area contributed by atoms with Gasteiger partial charge >= 0.3 is 0 Å². The maximum Gasteiger partial charge on any atom is 0.110 e. The molecule has 3 heteroatoms. The van der Waals surface area contributed by atoms with Crippen LogP contribution in [-0.2, 0) is 13.0 Å². The number of hydrogen-bond donors (Lipinski definition) is 1. The summed E-state index contributed by atoms with van der Waals surface area (Å²) >= 11 is 0. The van der Waals surface area contributed by atoms with Gasteiger partial charge in [0.2, 0.25) is 0 Å². The maximum atomic E-state index is 4.46. The summed E-state index contributed by atoms with van der Waals surface area (Å²) in [7, 11) is 0. The number of aryl methyl sites for hydroxylation is 1. The third kappa shape index (κ3) is 3.63. The summed E-state index contributed by atoms with van der Waals surface area (Å²) < 4.78 is 2.27. The summed E-state index contributed by atoms with van der Waals surface area (Å²) in [6, 6.07) is 0.531. The van der Waals surface area contributed by atoms with Gasteiger partial charge in [0.05, 0.1) is 0 Å². The van der Waals surface area contributed by atoms with Crippen LogP contribution in [-0.4, -0.2) is 22.1 Å². The number of rotatable bonds is 7. The highest BCUT2D eigenvalue weighted by molar-refractivity contribution is 4.96. The second kappa shape index (κ2) is 6.69. The number of likely N-dealkylation sites (N-methyl/N-ethyl adjacent to an activating group) is 1. The van der Waals surface area contributed by atoms with Crippen molar-refractivity contribution in [3.8, 4) is 0 Å². The average molecular weight is 223 g/mol. The van der Waals surface area contributed by atoms with E-state index in [0.717, 1.165) is 25.9 Å². The van der Waals surface area contributed by atoms with E-state index in [9.17, 15) is 0 Å².